The molecule has 0 saturated heterocycles. The molecule has 2 aliphatic rings. The van der Waals surface area contributed by atoms with Crippen LogP contribution in [0.2, 0.25) is 0 Å². The molecule has 0 radical (unpaired) electrons. The van der Waals surface area contributed by atoms with Crippen LogP contribution in [0, 0.1) is 24.7 Å². The highest BCUT2D eigenvalue weighted by Crippen LogP contribution is 2.37. The van der Waals surface area contributed by atoms with Crippen LogP contribution in [0.5, 0.6) is 0 Å². The molecule has 1 aromatic heterocycles. The number of aromatic nitrogens is 2. The lowest BCUT2D eigenvalue weighted by Crippen LogP contribution is -2.35. The zero-order valence-electron chi connectivity index (χ0n) is 13.5. The van der Waals surface area contributed by atoms with Gasteiger partial charge in [-0.2, -0.15) is 5.10 Å². The molecule has 1 aromatic rings. The van der Waals surface area contributed by atoms with Gasteiger partial charge in [-0.15, -0.1) is 0 Å². The maximum Gasteiger partial charge on any atom is 0.0738 e. The van der Waals surface area contributed by atoms with Crippen molar-refractivity contribution in [1.29, 1.82) is 0 Å². The standard InChI is InChI=1S/C17H28BrN3/c1-11-4-5-13(10-19-15-6-7-15)14(8-11)9-16-17(18)12(2)20-21(16)3/h11,13-15,19H,4-10H2,1-3H3. The van der Waals surface area contributed by atoms with Crippen molar-refractivity contribution in [2.45, 2.75) is 58.4 Å². The fourth-order valence-corrected chi connectivity index (χ4v) is 4.33. The van der Waals surface area contributed by atoms with E-state index in [2.05, 4.69) is 51.9 Å². The van der Waals surface area contributed by atoms with Crippen molar-refractivity contribution in [2.75, 3.05) is 6.54 Å². The minimum absolute atomic E-state index is 0.797. The summed E-state index contributed by atoms with van der Waals surface area (Å²) in [5.74, 6) is 2.51. The van der Waals surface area contributed by atoms with Gasteiger partial charge in [0.25, 0.3) is 0 Å². The van der Waals surface area contributed by atoms with Crippen LogP contribution in [0.1, 0.15) is 50.4 Å². The lowest BCUT2D eigenvalue weighted by atomic mass is 9.72. The van der Waals surface area contributed by atoms with E-state index in [0.717, 1.165) is 29.5 Å². The Morgan fingerprint density at radius 3 is 2.62 bits per heavy atom. The number of halogens is 1. The highest BCUT2D eigenvalue weighted by Gasteiger charge is 2.31. The van der Waals surface area contributed by atoms with Crippen LogP contribution in [0.4, 0.5) is 0 Å². The second-order valence-electron chi connectivity index (χ2n) is 7.29. The molecule has 0 amide bonds. The fraction of sp³-hybridized carbons (Fsp3) is 0.824. The van der Waals surface area contributed by atoms with Crippen molar-refractivity contribution in [3.05, 3.63) is 15.9 Å². The molecule has 3 atom stereocenters. The maximum atomic E-state index is 4.56. The first-order valence-electron chi connectivity index (χ1n) is 8.46. The minimum Gasteiger partial charge on any atom is -0.314 e. The van der Waals surface area contributed by atoms with Crippen molar-refractivity contribution < 1.29 is 0 Å². The quantitative estimate of drug-likeness (QED) is 0.871. The molecule has 2 fully saturated rings. The van der Waals surface area contributed by atoms with Crippen molar-refractivity contribution in [3.63, 3.8) is 0 Å². The predicted molar refractivity (Wildman–Crippen MR) is 90.4 cm³/mol. The molecule has 2 saturated carbocycles. The summed E-state index contributed by atoms with van der Waals surface area (Å²) in [6.07, 6.45) is 8.10. The van der Waals surface area contributed by atoms with E-state index in [-0.39, 0.29) is 0 Å². The first kappa shape index (κ1) is 15.5. The average molecular weight is 354 g/mol. The van der Waals surface area contributed by atoms with E-state index in [0.29, 0.717) is 0 Å². The number of hydrogen-bond donors (Lipinski definition) is 1. The van der Waals surface area contributed by atoms with Crippen molar-refractivity contribution >= 4 is 15.9 Å². The van der Waals surface area contributed by atoms with E-state index in [4.69, 9.17) is 0 Å². The SMILES string of the molecule is Cc1nn(C)c(CC2CC(C)CCC2CNC2CC2)c1Br. The van der Waals surface area contributed by atoms with Crippen molar-refractivity contribution in [3.8, 4) is 0 Å². The molecular weight excluding hydrogens is 326 g/mol. The van der Waals surface area contributed by atoms with Gasteiger partial charge in [0.1, 0.15) is 0 Å². The second kappa shape index (κ2) is 6.41. The number of nitrogens with one attached hydrogen (secondary N) is 1. The maximum absolute atomic E-state index is 4.56. The summed E-state index contributed by atoms with van der Waals surface area (Å²) in [4.78, 5) is 0. The molecule has 2 aliphatic carbocycles. The molecule has 3 nitrogen and oxygen atoms in total. The topological polar surface area (TPSA) is 29.9 Å². The summed E-state index contributed by atoms with van der Waals surface area (Å²) in [5.41, 5.74) is 2.49. The lowest BCUT2D eigenvalue weighted by molar-refractivity contribution is 0.181. The largest absolute Gasteiger partial charge is 0.314 e. The van der Waals surface area contributed by atoms with Gasteiger partial charge in [0.2, 0.25) is 0 Å². The molecule has 4 heteroatoms. The Kier molecular flexibility index (Phi) is 4.75. The van der Waals surface area contributed by atoms with E-state index in [1.807, 2.05) is 0 Å². The summed E-state index contributed by atoms with van der Waals surface area (Å²) >= 11 is 3.74. The van der Waals surface area contributed by atoms with E-state index in [1.165, 1.54) is 55.2 Å². The number of hydrogen-bond acceptors (Lipinski definition) is 2. The molecule has 0 spiro atoms. The van der Waals surface area contributed by atoms with Crippen molar-refractivity contribution in [1.82, 2.24) is 15.1 Å². The lowest BCUT2D eigenvalue weighted by Gasteiger charge is -2.35. The zero-order chi connectivity index (χ0) is 15.0. The third kappa shape index (κ3) is 3.70. The molecular formula is C17H28BrN3. The minimum atomic E-state index is 0.797. The van der Waals surface area contributed by atoms with E-state index in [1.54, 1.807) is 0 Å². The molecule has 3 rings (SSSR count). The Bertz CT molecular complexity index is 492. The number of nitrogens with zero attached hydrogens (tertiary/aromatic N) is 2. The Morgan fingerprint density at radius 2 is 2.00 bits per heavy atom. The second-order valence-corrected chi connectivity index (χ2v) is 8.09. The Balaban J connectivity index is 1.68. The molecule has 0 bridgehead atoms. The number of aryl methyl sites for hydroxylation is 2. The Hall–Kier alpha value is -0.350. The van der Waals surface area contributed by atoms with Crippen LogP contribution in [0.15, 0.2) is 4.47 Å². The highest BCUT2D eigenvalue weighted by molar-refractivity contribution is 9.10. The summed E-state index contributed by atoms with van der Waals surface area (Å²) in [7, 11) is 2.08. The summed E-state index contributed by atoms with van der Waals surface area (Å²) < 4.78 is 3.29. The molecule has 1 heterocycles. The molecule has 118 valence electrons. The van der Waals surface area contributed by atoms with Gasteiger partial charge in [0.15, 0.2) is 0 Å². The van der Waals surface area contributed by atoms with Crippen LogP contribution in [0.25, 0.3) is 0 Å². The van der Waals surface area contributed by atoms with Gasteiger partial charge >= 0.3 is 0 Å². The van der Waals surface area contributed by atoms with Crippen LogP contribution >= 0.6 is 15.9 Å². The predicted octanol–water partition coefficient (Wildman–Crippen LogP) is 3.84. The van der Waals surface area contributed by atoms with E-state index >= 15 is 0 Å². The smallest absolute Gasteiger partial charge is 0.0738 e. The summed E-state index contributed by atoms with van der Waals surface area (Å²) in [6, 6.07) is 0.829. The van der Waals surface area contributed by atoms with Crippen molar-refractivity contribution in [2.24, 2.45) is 24.8 Å². The van der Waals surface area contributed by atoms with Gasteiger partial charge in [0, 0.05) is 13.1 Å². The molecule has 21 heavy (non-hydrogen) atoms. The van der Waals surface area contributed by atoms with Crippen LogP contribution in [0.3, 0.4) is 0 Å². The molecule has 1 N–H and O–H groups in total. The third-order valence-corrected chi connectivity index (χ3v) is 6.40. The van der Waals surface area contributed by atoms with Gasteiger partial charge < -0.3 is 5.32 Å². The summed E-state index contributed by atoms with van der Waals surface area (Å²) in [6.45, 7) is 5.72. The fourth-order valence-electron chi connectivity index (χ4n) is 3.84. The van der Waals surface area contributed by atoms with Gasteiger partial charge in [-0.05, 0) is 79.3 Å². The average Bonchev–Trinajstić information content (AvgIpc) is 3.23. The molecule has 3 unspecified atom stereocenters. The first-order valence-corrected chi connectivity index (χ1v) is 9.25. The van der Waals surface area contributed by atoms with Gasteiger partial charge in [0.05, 0.1) is 15.9 Å². The number of rotatable bonds is 5. The first-order chi connectivity index (χ1) is 10.0. The van der Waals surface area contributed by atoms with E-state index in [9.17, 15) is 0 Å². The Labute approximate surface area is 137 Å². The van der Waals surface area contributed by atoms with Crippen LogP contribution in [-0.2, 0) is 13.5 Å². The third-order valence-electron chi connectivity index (χ3n) is 5.37. The van der Waals surface area contributed by atoms with Gasteiger partial charge in [-0.3, -0.25) is 4.68 Å². The van der Waals surface area contributed by atoms with E-state index < -0.39 is 0 Å². The molecule has 0 aromatic carbocycles. The summed E-state index contributed by atoms with van der Waals surface area (Å²) in [5, 5.41) is 8.32. The van der Waals surface area contributed by atoms with Crippen LogP contribution in [-0.4, -0.2) is 22.4 Å². The van der Waals surface area contributed by atoms with Crippen LogP contribution < -0.4 is 5.32 Å². The molecule has 0 aliphatic heterocycles. The highest BCUT2D eigenvalue weighted by atomic mass is 79.9. The zero-order valence-corrected chi connectivity index (χ0v) is 15.1. The van der Waals surface area contributed by atoms with Gasteiger partial charge in [-0.1, -0.05) is 13.3 Å². The normalized spacial score (nSPS) is 29.8. The van der Waals surface area contributed by atoms with Gasteiger partial charge in [-0.25, -0.2) is 0 Å². The monoisotopic (exact) mass is 353 g/mol. The Morgan fingerprint density at radius 1 is 1.24 bits per heavy atom.